The van der Waals surface area contributed by atoms with Crippen molar-refractivity contribution in [2.24, 2.45) is 4.99 Å². The lowest BCUT2D eigenvalue weighted by atomic mass is 10.1. The van der Waals surface area contributed by atoms with E-state index in [1.54, 1.807) is 25.1 Å². The highest BCUT2D eigenvalue weighted by molar-refractivity contribution is 9.10. The zero-order valence-corrected chi connectivity index (χ0v) is 18.5. The van der Waals surface area contributed by atoms with E-state index in [2.05, 4.69) is 20.9 Å². The Kier molecular flexibility index (Phi) is 6.13. The summed E-state index contributed by atoms with van der Waals surface area (Å²) in [7, 11) is 0. The molecule has 7 nitrogen and oxygen atoms in total. The first kappa shape index (κ1) is 21.5. The molecule has 0 N–H and O–H groups in total. The van der Waals surface area contributed by atoms with E-state index < -0.39 is 10.9 Å². The van der Waals surface area contributed by atoms with Gasteiger partial charge >= 0.3 is 5.97 Å². The lowest BCUT2D eigenvalue weighted by Crippen LogP contribution is -2.06. The molecule has 8 heteroatoms. The number of carbonyl (C=O) groups excluding carboxylic acids is 1. The van der Waals surface area contributed by atoms with Crippen LogP contribution in [0.15, 0.2) is 81.9 Å². The minimum atomic E-state index is -0.587. The third kappa shape index (κ3) is 4.76. The summed E-state index contributed by atoms with van der Waals surface area (Å²) in [5, 5.41) is 11.0. The lowest BCUT2D eigenvalue weighted by Gasteiger charge is -2.08. The first-order valence-corrected chi connectivity index (χ1v) is 10.4. The number of esters is 1. The first-order valence-electron chi connectivity index (χ1n) is 9.65. The first-order chi connectivity index (χ1) is 15.4. The molecule has 0 amide bonds. The molecule has 0 saturated carbocycles. The van der Waals surface area contributed by atoms with Gasteiger partial charge in [-0.1, -0.05) is 46.3 Å². The molecule has 0 fully saturated rings. The Morgan fingerprint density at radius 2 is 1.94 bits per heavy atom. The number of nitrogens with zero attached hydrogens (tertiary/aromatic N) is 2. The number of benzene rings is 3. The molecule has 0 aromatic heterocycles. The Labute approximate surface area is 192 Å². The number of rotatable bonds is 6. The average molecular weight is 493 g/mol. The number of carbonyl (C=O) groups is 1. The summed E-state index contributed by atoms with van der Waals surface area (Å²) in [5.74, 6) is 0.174. The number of nitro groups is 1. The van der Waals surface area contributed by atoms with Gasteiger partial charge < -0.3 is 9.47 Å². The molecule has 0 radical (unpaired) electrons. The predicted octanol–water partition coefficient (Wildman–Crippen LogP) is 5.59. The number of ether oxygens (including phenoxy) is 2. The topological polar surface area (TPSA) is 91.0 Å². The molecular formula is C24H17BrN2O5. The van der Waals surface area contributed by atoms with E-state index in [0.717, 1.165) is 15.6 Å². The fraction of sp³-hybridized carbons (Fsp3) is 0.0833. The molecule has 0 saturated heterocycles. The number of aryl methyl sites for hydroxylation is 1. The lowest BCUT2D eigenvalue weighted by molar-refractivity contribution is -0.385. The highest BCUT2D eigenvalue weighted by atomic mass is 79.9. The van der Waals surface area contributed by atoms with Gasteiger partial charge in [0.1, 0.15) is 12.4 Å². The van der Waals surface area contributed by atoms with Crippen LogP contribution in [0.4, 0.5) is 5.69 Å². The molecular weight excluding hydrogens is 476 g/mol. The monoisotopic (exact) mass is 492 g/mol. The van der Waals surface area contributed by atoms with E-state index in [4.69, 9.17) is 9.47 Å². The minimum Gasteiger partial charge on any atom is -0.489 e. The molecule has 0 spiro atoms. The third-order valence-electron chi connectivity index (χ3n) is 4.77. The molecule has 160 valence electrons. The normalized spacial score (nSPS) is 14.2. The molecule has 0 unspecified atom stereocenters. The van der Waals surface area contributed by atoms with E-state index in [1.807, 2.05) is 42.5 Å². The van der Waals surface area contributed by atoms with Crippen molar-refractivity contribution in [3.05, 3.63) is 109 Å². The summed E-state index contributed by atoms with van der Waals surface area (Å²) in [6.07, 6.45) is 1.61. The molecule has 32 heavy (non-hydrogen) atoms. The Balaban J connectivity index is 1.53. The van der Waals surface area contributed by atoms with Gasteiger partial charge in [-0.3, -0.25) is 10.1 Å². The summed E-state index contributed by atoms with van der Waals surface area (Å²) in [4.78, 5) is 27.1. The Morgan fingerprint density at radius 3 is 2.69 bits per heavy atom. The maximum atomic E-state index is 12.3. The summed E-state index contributed by atoms with van der Waals surface area (Å²) in [6.45, 7) is 2.01. The number of halogens is 1. The molecule has 1 heterocycles. The summed E-state index contributed by atoms with van der Waals surface area (Å²) >= 11 is 3.50. The van der Waals surface area contributed by atoms with Crippen molar-refractivity contribution in [2.45, 2.75) is 13.5 Å². The van der Waals surface area contributed by atoms with Crippen LogP contribution in [-0.2, 0) is 16.1 Å². The van der Waals surface area contributed by atoms with Crippen LogP contribution in [0, 0.1) is 17.0 Å². The molecule has 0 aliphatic carbocycles. The summed E-state index contributed by atoms with van der Waals surface area (Å²) < 4.78 is 12.1. The molecule has 3 aromatic carbocycles. The standard InChI is InChI=1S/C24H17BrN2O5/c1-15-11-17(9-10-22(15)27(29)30)23-26-21(24(28)32-23)13-16-5-4-7-19(12-16)31-14-18-6-2-3-8-20(18)25/h2-13H,14H2,1H3/b21-13-. The van der Waals surface area contributed by atoms with Crippen LogP contribution in [0.1, 0.15) is 22.3 Å². The SMILES string of the molecule is Cc1cc(C2=N/C(=C\c3cccc(OCc4ccccc4Br)c3)C(=O)O2)ccc1[N+](=O)[O-]. The van der Waals surface area contributed by atoms with E-state index in [0.29, 0.717) is 23.5 Å². The van der Waals surface area contributed by atoms with Crippen molar-refractivity contribution in [1.29, 1.82) is 0 Å². The fourth-order valence-electron chi connectivity index (χ4n) is 3.15. The van der Waals surface area contributed by atoms with Crippen molar-refractivity contribution in [3.63, 3.8) is 0 Å². The van der Waals surface area contributed by atoms with Crippen LogP contribution < -0.4 is 4.74 Å². The van der Waals surface area contributed by atoms with Crippen LogP contribution in [0.5, 0.6) is 5.75 Å². The number of hydrogen-bond acceptors (Lipinski definition) is 6. The average Bonchev–Trinajstić information content (AvgIpc) is 3.13. The molecule has 1 aliphatic heterocycles. The van der Waals surface area contributed by atoms with Gasteiger partial charge in [0, 0.05) is 27.2 Å². The van der Waals surface area contributed by atoms with Crippen LogP contribution in [0.2, 0.25) is 0 Å². The van der Waals surface area contributed by atoms with E-state index in [-0.39, 0.29) is 17.3 Å². The summed E-state index contributed by atoms with van der Waals surface area (Å²) in [5.41, 5.74) is 2.83. The fourth-order valence-corrected chi connectivity index (χ4v) is 3.55. The maximum Gasteiger partial charge on any atom is 0.363 e. The van der Waals surface area contributed by atoms with Crippen molar-refractivity contribution in [3.8, 4) is 5.75 Å². The molecule has 0 atom stereocenters. The highest BCUT2D eigenvalue weighted by Gasteiger charge is 2.25. The van der Waals surface area contributed by atoms with Gasteiger partial charge in [0.15, 0.2) is 5.70 Å². The smallest absolute Gasteiger partial charge is 0.363 e. The Hall–Kier alpha value is -3.78. The van der Waals surface area contributed by atoms with Crippen LogP contribution in [0.25, 0.3) is 6.08 Å². The quantitative estimate of drug-likeness (QED) is 0.193. The zero-order valence-electron chi connectivity index (χ0n) is 16.9. The van der Waals surface area contributed by atoms with Crippen molar-refractivity contribution in [2.75, 3.05) is 0 Å². The summed E-state index contributed by atoms with van der Waals surface area (Å²) in [6, 6.07) is 19.6. The molecule has 4 rings (SSSR count). The second-order valence-electron chi connectivity index (χ2n) is 7.05. The highest BCUT2D eigenvalue weighted by Crippen LogP contribution is 2.25. The van der Waals surface area contributed by atoms with E-state index >= 15 is 0 Å². The van der Waals surface area contributed by atoms with Gasteiger partial charge in [-0.05, 0) is 48.9 Å². The number of hydrogen-bond donors (Lipinski definition) is 0. The minimum absolute atomic E-state index is 0.00575. The zero-order chi connectivity index (χ0) is 22.7. The van der Waals surface area contributed by atoms with Gasteiger partial charge in [-0.15, -0.1) is 0 Å². The molecule has 1 aliphatic rings. The van der Waals surface area contributed by atoms with Gasteiger partial charge in [-0.2, -0.15) is 0 Å². The second-order valence-corrected chi connectivity index (χ2v) is 7.90. The Bertz CT molecular complexity index is 1280. The largest absolute Gasteiger partial charge is 0.489 e. The number of nitro benzene ring substituents is 1. The third-order valence-corrected chi connectivity index (χ3v) is 5.55. The Morgan fingerprint density at radius 1 is 1.12 bits per heavy atom. The van der Waals surface area contributed by atoms with Crippen molar-refractivity contribution < 1.29 is 19.2 Å². The van der Waals surface area contributed by atoms with E-state index in [1.165, 1.54) is 12.1 Å². The second kappa shape index (κ2) is 9.15. The van der Waals surface area contributed by atoms with Gasteiger partial charge in [0.2, 0.25) is 5.90 Å². The van der Waals surface area contributed by atoms with Crippen LogP contribution in [0.3, 0.4) is 0 Å². The van der Waals surface area contributed by atoms with Gasteiger partial charge in [-0.25, -0.2) is 9.79 Å². The van der Waals surface area contributed by atoms with Crippen molar-refractivity contribution in [1.82, 2.24) is 0 Å². The van der Waals surface area contributed by atoms with Crippen LogP contribution in [-0.4, -0.2) is 16.8 Å². The maximum absolute atomic E-state index is 12.3. The molecule has 0 bridgehead atoms. The van der Waals surface area contributed by atoms with Crippen LogP contribution >= 0.6 is 15.9 Å². The van der Waals surface area contributed by atoms with Gasteiger partial charge in [0.25, 0.3) is 5.69 Å². The molecule has 3 aromatic rings. The van der Waals surface area contributed by atoms with Gasteiger partial charge in [0.05, 0.1) is 4.92 Å². The predicted molar refractivity (Wildman–Crippen MR) is 123 cm³/mol. The van der Waals surface area contributed by atoms with Crippen molar-refractivity contribution >= 4 is 39.6 Å². The number of cyclic esters (lactones) is 1. The number of aliphatic imine (C=N–C) groups is 1. The van der Waals surface area contributed by atoms with E-state index in [9.17, 15) is 14.9 Å².